The van der Waals surface area contributed by atoms with Gasteiger partial charge in [0.25, 0.3) is 11.5 Å². The summed E-state index contributed by atoms with van der Waals surface area (Å²) in [6, 6.07) is 4.50. The Kier molecular flexibility index (Phi) is 3.39. The van der Waals surface area contributed by atoms with Crippen molar-refractivity contribution in [3.8, 4) is 0 Å². The van der Waals surface area contributed by atoms with E-state index in [9.17, 15) is 9.59 Å². The molecule has 0 aliphatic rings. The summed E-state index contributed by atoms with van der Waals surface area (Å²) in [4.78, 5) is 23.5. The van der Waals surface area contributed by atoms with Gasteiger partial charge in [-0.3, -0.25) is 9.59 Å². The monoisotopic (exact) mass is 313 g/mol. The summed E-state index contributed by atoms with van der Waals surface area (Å²) in [6.45, 7) is 0.318. The lowest BCUT2D eigenvalue weighted by atomic mass is 10.4. The van der Waals surface area contributed by atoms with Crippen molar-refractivity contribution in [2.75, 3.05) is 0 Å². The van der Waals surface area contributed by atoms with Crippen LogP contribution < -0.4 is 11.3 Å². The molecule has 2 heterocycles. The van der Waals surface area contributed by atoms with Crippen molar-refractivity contribution >= 4 is 33.2 Å². The van der Waals surface area contributed by atoms with Crippen molar-refractivity contribution in [3.05, 3.63) is 49.0 Å². The molecule has 17 heavy (non-hydrogen) atoms. The highest BCUT2D eigenvalue weighted by Gasteiger charge is 2.08. The van der Waals surface area contributed by atoms with Gasteiger partial charge in [-0.05, 0) is 33.4 Å². The Bertz CT molecular complexity index is 620. The van der Waals surface area contributed by atoms with Crippen LogP contribution in [0.4, 0.5) is 0 Å². The average molecular weight is 314 g/mol. The third-order valence-electron chi connectivity index (χ3n) is 2.10. The van der Waals surface area contributed by atoms with Crippen molar-refractivity contribution in [1.29, 1.82) is 0 Å². The maximum absolute atomic E-state index is 11.6. The van der Waals surface area contributed by atoms with Crippen LogP contribution in [0, 0.1) is 0 Å². The van der Waals surface area contributed by atoms with Gasteiger partial charge in [-0.1, -0.05) is 0 Å². The predicted molar refractivity (Wildman–Crippen MR) is 68.1 cm³/mol. The van der Waals surface area contributed by atoms with Crippen LogP contribution in [-0.2, 0) is 6.54 Å². The Morgan fingerprint density at radius 2 is 2.24 bits per heavy atom. The summed E-state index contributed by atoms with van der Waals surface area (Å²) >= 11 is 4.88. The van der Waals surface area contributed by atoms with Crippen molar-refractivity contribution in [3.63, 3.8) is 0 Å². The number of halogens is 1. The molecule has 0 aromatic carbocycles. The molecule has 0 aliphatic carbocycles. The molecule has 0 atom stereocenters. The van der Waals surface area contributed by atoms with E-state index in [1.54, 1.807) is 0 Å². The summed E-state index contributed by atoms with van der Waals surface area (Å²) < 4.78 is 2.14. The molecular formula is C10H8BrN3O2S. The molecule has 5 nitrogen and oxygen atoms in total. The third-order valence-corrected chi connectivity index (χ3v) is 4.01. The Labute approximate surface area is 109 Å². The van der Waals surface area contributed by atoms with E-state index in [1.165, 1.54) is 28.2 Å². The maximum Gasteiger partial charge on any atom is 0.269 e. The van der Waals surface area contributed by atoms with E-state index in [-0.39, 0.29) is 11.3 Å². The first kappa shape index (κ1) is 12.0. The molecule has 0 radical (unpaired) electrons. The van der Waals surface area contributed by atoms with Crippen LogP contribution in [-0.4, -0.2) is 15.7 Å². The number of carbonyl (C=O) groups is 1. The second-order valence-electron chi connectivity index (χ2n) is 3.27. The first-order chi connectivity index (χ1) is 8.08. The zero-order valence-corrected chi connectivity index (χ0v) is 11.0. The number of thiophene rings is 1. The normalized spacial score (nSPS) is 10.4. The summed E-state index contributed by atoms with van der Waals surface area (Å²) in [5.74, 6) is -0.649. The van der Waals surface area contributed by atoms with Crippen molar-refractivity contribution < 1.29 is 4.79 Å². The number of rotatable bonds is 3. The molecule has 0 aliphatic heterocycles. The number of hydrogen-bond acceptors (Lipinski definition) is 4. The zero-order chi connectivity index (χ0) is 12.4. The quantitative estimate of drug-likeness (QED) is 0.925. The number of nitrogens with zero attached hydrogens (tertiary/aromatic N) is 2. The first-order valence-electron chi connectivity index (χ1n) is 4.68. The molecule has 0 fully saturated rings. The van der Waals surface area contributed by atoms with Gasteiger partial charge in [0.05, 0.1) is 6.54 Å². The molecule has 0 saturated heterocycles. The Morgan fingerprint density at radius 1 is 1.47 bits per heavy atom. The van der Waals surface area contributed by atoms with E-state index in [4.69, 9.17) is 5.73 Å². The molecule has 0 bridgehead atoms. The molecule has 1 amide bonds. The summed E-state index contributed by atoms with van der Waals surface area (Å²) in [7, 11) is 0. The fourth-order valence-corrected chi connectivity index (χ4v) is 2.73. The fourth-order valence-electron chi connectivity index (χ4n) is 1.27. The number of carbonyl (C=O) groups excluding carboxylic acids is 1. The van der Waals surface area contributed by atoms with Gasteiger partial charge in [-0.15, -0.1) is 11.3 Å². The largest absolute Gasteiger partial charge is 0.364 e. The highest BCUT2D eigenvalue weighted by Crippen LogP contribution is 2.22. The van der Waals surface area contributed by atoms with E-state index in [1.807, 2.05) is 11.4 Å². The molecule has 2 rings (SSSR count). The first-order valence-corrected chi connectivity index (χ1v) is 6.35. The fraction of sp³-hybridized carbons (Fsp3) is 0.100. The van der Waals surface area contributed by atoms with E-state index in [2.05, 4.69) is 21.0 Å². The van der Waals surface area contributed by atoms with E-state index < -0.39 is 5.91 Å². The molecule has 0 saturated carbocycles. The highest BCUT2D eigenvalue weighted by molar-refractivity contribution is 9.10. The molecule has 88 valence electrons. The lowest BCUT2D eigenvalue weighted by Gasteiger charge is -2.04. The van der Waals surface area contributed by atoms with E-state index in [0.717, 1.165) is 9.35 Å². The topological polar surface area (TPSA) is 78.0 Å². The van der Waals surface area contributed by atoms with Crippen LogP contribution in [0.3, 0.4) is 0 Å². The van der Waals surface area contributed by atoms with E-state index in [0.29, 0.717) is 6.54 Å². The van der Waals surface area contributed by atoms with Crippen LogP contribution in [0.2, 0.25) is 0 Å². The van der Waals surface area contributed by atoms with Gasteiger partial charge in [-0.2, -0.15) is 5.10 Å². The van der Waals surface area contributed by atoms with Gasteiger partial charge in [0.1, 0.15) is 5.69 Å². The van der Waals surface area contributed by atoms with Crippen LogP contribution >= 0.6 is 27.3 Å². The summed E-state index contributed by atoms with van der Waals surface area (Å²) in [5, 5.41) is 5.81. The number of primary amides is 1. The van der Waals surface area contributed by atoms with Gasteiger partial charge in [0.15, 0.2) is 0 Å². The number of amides is 1. The minimum atomic E-state index is -0.649. The standard InChI is InChI=1S/C10H8BrN3O2S/c11-6-3-4-17-8(6)5-14-9(15)2-1-7(13-14)10(12)16/h1-4H,5H2,(H2,12,16). The van der Waals surface area contributed by atoms with Gasteiger partial charge >= 0.3 is 0 Å². The zero-order valence-electron chi connectivity index (χ0n) is 8.59. The van der Waals surface area contributed by atoms with E-state index >= 15 is 0 Å². The third kappa shape index (κ3) is 2.62. The van der Waals surface area contributed by atoms with Crippen molar-refractivity contribution in [1.82, 2.24) is 9.78 Å². The molecule has 2 aromatic heterocycles. The van der Waals surface area contributed by atoms with Crippen molar-refractivity contribution in [2.45, 2.75) is 6.54 Å². The molecule has 2 aromatic rings. The Hall–Kier alpha value is -1.47. The van der Waals surface area contributed by atoms with Crippen LogP contribution in [0.15, 0.2) is 32.8 Å². The van der Waals surface area contributed by atoms with Gasteiger partial charge in [-0.25, -0.2) is 4.68 Å². The smallest absolute Gasteiger partial charge is 0.269 e. The number of hydrogen-bond donors (Lipinski definition) is 1. The minimum Gasteiger partial charge on any atom is -0.364 e. The van der Waals surface area contributed by atoms with Crippen molar-refractivity contribution in [2.24, 2.45) is 5.73 Å². The lowest BCUT2D eigenvalue weighted by Crippen LogP contribution is -2.26. The second kappa shape index (κ2) is 4.80. The highest BCUT2D eigenvalue weighted by atomic mass is 79.9. The van der Waals surface area contributed by atoms with Gasteiger partial charge in [0, 0.05) is 15.4 Å². The molecular weight excluding hydrogens is 306 g/mol. The molecule has 7 heteroatoms. The van der Waals surface area contributed by atoms with Gasteiger partial charge < -0.3 is 5.73 Å². The maximum atomic E-state index is 11.6. The minimum absolute atomic E-state index is 0.0808. The molecule has 0 spiro atoms. The SMILES string of the molecule is NC(=O)c1ccc(=O)n(Cc2sccc2Br)n1. The summed E-state index contributed by atoms with van der Waals surface area (Å²) in [6.07, 6.45) is 0. The van der Waals surface area contributed by atoms with Crippen LogP contribution in [0.1, 0.15) is 15.4 Å². The average Bonchev–Trinajstić information content (AvgIpc) is 2.67. The van der Waals surface area contributed by atoms with Gasteiger partial charge in [0.2, 0.25) is 0 Å². The van der Waals surface area contributed by atoms with Crippen LogP contribution in [0.5, 0.6) is 0 Å². The van der Waals surface area contributed by atoms with Crippen LogP contribution in [0.25, 0.3) is 0 Å². The number of aromatic nitrogens is 2. The second-order valence-corrected chi connectivity index (χ2v) is 5.13. The molecule has 0 unspecified atom stereocenters. The Morgan fingerprint density at radius 3 is 2.82 bits per heavy atom. The Balaban J connectivity index is 2.39. The predicted octanol–water partition coefficient (Wildman–Crippen LogP) is 1.21. The lowest BCUT2D eigenvalue weighted by molar-refractivity contribution is 0.0993. The number of nitrogens with two attached hydrogens (primary N) is 1. The molecule has 2 N–H and O–H groups in total. The summed E-state index contributed by atoms with van der Waals surface area (Å²) in [5.41, 5.74) is 4.93.